The molecule has 6 nitrogen and oxygen atoms in total. The molecule has 0 bridgehead atoms. The maximum atomic E-state index is 13.6. The number of sulfonamides is 1. The van der Waals surface area contributed by atoms with Crippen LogP contribution in [0.1, 0.15) is 24.0 Å². The van der Waals surface area contributed by atoms with Crippen molar-refractivity contribution in [2.24, 2.45) is 10.9 Å². The Hall–Kier alpha value is -3.98. The normalized spacial score (nSPS) is 15.0. The SMILES string of the molecule is COc1ccc(N=c2scc(-c3ccc(S(=O)(=O)N4CCC(Cc5ccccc5)CC4)cc3)n2CCc2ccccc2)cc1. The highest BCUT2D eigenvalue weighted by atomic mass is 32.2. The number of ether oxygens (including phenoxy) is 1. The fraction of sp³-hybridized carbons (Fsp3) is 0.250. The van der Waals surface area contributed by atoms with Crippen LogP contribution in [0.15, 0.2) is 124 Å². The zero-order valence-electron chi connectivity index (χ0n) is 24.9. The minimum atomic E-state index is -3.55. The Kier molecular flexibility index (Phi) is 9.40. The average molecular weight is 624 g/mol. The maximum absolute atomic E-state index is 13.6. The average Bonchev–Trinajstić information content (AvgIpc) is 3.47. The summed E-state index contributed by atoms with van der Waals surface area (Å²) < 4.78 is 36.3. The van der Waals surface area contributed by atoms with Crippen LogP contribution in [0.2, 0.25) is 0 Å². The first kappa shape index (κ1) is 30.1. The summed E-state index contributed by atoms with van der Waals surface area (Å²) in [5.41, 5.74) is 5.40. The van der Waals surface area contributed by atoms with Gasteiger partial charge >= 0.3 is 0 Å². The van der Waals surface area contributed by atoms with Crippen LogP contribution >= 0.6 is 11.3 Å². The standard InChI is InChI=1S/C36H37N3O3S2/c1-42-33-16-14-32(15-17-33)37-36-39(25-22-28-8-4-2-5-9-28)35(27-43-36)31-12-18-34(19-13-31)44(40,41)38-23-20-30(21-24-38)26-29-10-6-3-7-11-29/h2-19,27,30H,20-26H2,1H3. The minimum absolute atomic E-state index is 0.344. The van der Waals surface area contributed by atoms with Crippen molar-refractivity contribution in [2.75, 3.05) is 20.2 Å². The Morgan fingerprint density at radius 1 is 0.818 bits per heavy atom. The molecule has 0 unspecified atom stereocenters. The van der Waals surface area contributed by atoms with E-state index in [9.17, 15) is 8.42 Å². The zero-order valence-corrected chi connectivity index (χ0v) is 26.5. The summed E-state index contributed by atoms with van der Waals surface area (Å²) in [7, 11) is -1.90. The molecule has 0 radical (unpaired) electrons. The van der Waals surface area contributed by atoms with Gasteiger partial charge in [0.2, 0.25) is 10.0 Å². The van der Waals surface area contributed by atoms with Gasteiger partial charge in [-0.2, -0.15) is 4.31 Å². The van der Waals surface area contributed by atoms with Gasteiger partial charge in [0, 0.05) is 25.0 Å². The number of aryl methyl sites for hydroxylation is 1. The van der Waals surface area contributed by atoms with Gasteiger partial charge in [0.05, 0.1) is 23.4 Å². The summed E-state index contributed by atoms with van der Waals surface area (Å²) in [5, 5.41) is 2.11. The van der Waals surface area contributed by atoms with E-state index >= 15 is 0 Å². The Morgan fingerprint density at radius 3 is 2.09 bits per heavy atom. The van der Waals surface area contributed by atoms with Crippen molar-refractivity contribution < 1.29 is 13.2 Å². The van der Waals surface area contributed by atoms with Gasteiger partial charge in [-0.25, -0.2) is 13.4 Å². The Morgan fingerprint density at radius 2 is 1.45 bits per heavy atom. The molecule has 0 spiro atoms. The van der Waals surface area contributed by atoms with Crippen molar-refractivity contribution in [3.05, 3.63) is 131 Å². The van der Waals surface area contributed by atoms with Crippen LogP contribution in [-0.2, 0) is 29.4 Å². The number of nitrogens with zero attached hydrogens (tertiary/aromatic N) is 3. The summed E-state index contributed by atoms with van der Waals surface area (Å²) in [4.78, 5) is 6.18. The van der Waals surface area contributed by atoms with Crippen LogP contribution < -0.4 is 9.54 Å². The highest BCUT2D eigenvalue weighted by Gasteiger charge is 2.29. The predicted octanol–water partition coefficient (Wildman–Crippen LogP) is 7.34. The third-order valence-electron chi connectivity index (χ3n) is 8.29. The lowest BCUT2D eigenvalue weighted by Crippen LogP contribution is -2.38. The van der Waals surface area contributed by atoms with Crippen molar-refractivity contribution in [1.29, 1.82) is 0 Å². The molecule has 0 N–H and O–H groups in total. The molecule has 1 fully saturated rings. The van der Waals surface area contributed by atoms with Gasteiger partial charge in [-0.05, 0) is 84.7 Å². The quantitative estimate of drug-likeness (QED) is 0.164. The fourth-order valence-electron chi connectivity index (χ4n) is 5.77. The number of thiazole rings is 1. The monoisotopic (exact) mass is 623 g/mol. The number of aromatic nitrogens is 1. The highest BCUT2D eigenvalue weighted by molar-refractivity contribution is 7.89. The molecule has 4 aromatic carbocycles. The third kappa shape index (κ3) is 7.04. The Labute approximate surface area is 264 Å². The van der Waals surface area contributed by atoms with Crippen molar-refractivity contribution >= 4 is 27.0 Å². The molecular weight excluding hydrogens is 587 g/mol. The second-order valence-corrected chi connectivity index (χ2v) is 13.9. The van der Waals surface area contributed by atoms with E-state index in [0.29, 0.717) is 23.9 Å². The van der Waals surface area contributed by atoms with Gasteiger partial charge in [0.15, 0.2) is 4.80 Å². The van der Waals surface area contributed by atoms with Crippen LogP contribution in [0.25, 0.3) is 11.3 Å². The summed E-state index contributed by atoms with van der Waals surface area (Å²) in [6.45, 7) is 1.86. The Balaban J connectivity index is 1.21. The number of rotatable bonds is 10. The maximum Gasteiger partial charge on any atom is 0.243 e. The second kappa shape index (κ2) is 13.8. The van der Waals surface area contributed by atoms with E-state index in [1.807, 2.05) is 48.5 Å². The molecule has 226 valence electrons. The van der Waals surface area contributed by atoms with Crippen LogP contribution in [-0.4, -0.2) is 37.5 Å². The van der Waals surface area contributed by atoms with Gasteiger partial charge in [0.25, 0.3) is 0 Å². The first-order valence-corrected chi connectivity index (χ1v) is 17.4. The van der Waals surface area contributed by atoms with E-state index in [2.05, 4.69) is 58.5 Å². The first-order valence-electron chi connectivity index (χ1n) is 15.0. The molecule has 1 saturated heterocycles. The Bertz CT molecular complexity index is 1820. The summed E-state index contributed by atoms with van der Waals surface area (Å²) in [6.07, 6.45) is 3.61. The molecule has 8 heteroatoms. The summed E-state index contributed by atoms with van der Waals surface area (Å²) in [5.74, 6) is 1.30. The van der Waals surface area contributed by atoms with E-state index in [-0.39, 0.29) is 0 Å². The summed E-state index contributed by atoms with van der Waals surface area (Å²) >= 11 is 1.58. The van der Waals surface area contributed by atoms with Gasteiger partial charge < -0.3 is 9.30 Å². The van der Waals surface area contributed by atoms with Gasteiger partial charge in [0.1, 0.15) is 5.75 Å². The number of benzene rings is 4. The topological polar surface area (TPSA) is 63.9 Å². The van der Waals surface area contributed by atoms with E-state index in [1.54, 1.807) is 34.9 Å². The number of methoxy groups -OCH3 is 1. The lowest BCUT2D eigenvalue weighted by molar-refractivity contribution is 0.273. The van der Waals surface area contributed by atoms with E-state index in [1.165, 1.54) is 11.1 Å². The van der Waals surface area contributed by atoms with Crippen molar-refractivity contribution in [1.82, 2.24) is 8.87 Å². The van der Waals surface area contributed by atoms with Gasteiger partial charge in [-0.3, -0.25) is 0 Å². The number of piperidine rings is 1. The van der Waals surface area contributed by atoms with Crippen molar-refractivity contribution in [2.45, 2.75) is 37.1 Å². The minimum Gasteiger partial charge on any atom is -0.497 e. The summed E-state index contributed by atoms with van der Waals surface area (Å²) in [6, 6.07) is 35.9. The highest BCUT2D eigenvalue weighted by Crippen LogP contribution is 2.28. The van der Waals surface area contributed by atoms with E-state index in [4.69, 9.17) is 9.73 Å². The largest absolute Gasteiger partial charge is 0.497 e. The van der Waals surface area contributed by atoms with E-state index < -0.39 is 10.0 Å². The molecule has 1 aliphatic rings. The van der Waals surface area contributed by atoms with Gasteiger partial charge in [-0.15, -0.1) is 11.3 Å². The number of hydrogen-bond acceptors (Lipinski definition) is 5. The van der Waals surface area contributed by atoms with E-state index in [0.717, 1.165) is 59.7 Å². The first-order chi connectivity index (χ1) is 21.5. The van der Waals surface area contributed by atoms with Crippen molar-refractivity contribution in [3.8, 4) is 17.0 Å². The third-order valence-corrected chi connectivity index (χ3v) is 11.1. The molecule has 0 aliphatic carbocycles. The van der Waals surface area contributed by atoms with Crippen molar-refractivity contribution in [3.63, 3.8) is 0 Å². The van der Waals surface area contributed by atoms with Crippen LogP contribution in [0.4, 0.5) is 5.69 Å². The molecule has 1 aromatic heterocycles. The molecule has 44 heavy (non-hydrogen) atoms. The lowest BCUT2D eigenvalue weighted by Gasteiger charge is -2.31. The molecule has 0 atom stereocenters. The lowest BCUT2D eigenvalue weighted by atomic mass is 9.91. The van der Waals surface area contributed by atoms with Crippen LogP contribution in [0.5, 0.6) is 5.75 Å². The molecule has 0 saturated carbocycles. The number of hydrogen-bond donors (Lipinski definition) is 0. The van der Waals surface area contributed by atoms with Crippen LogP contribution in [0, 0.1) is 5.92 Å². The smallest absolute Gasteiger partial charge is 0.243 e. The molecule has 0 amide bonds. The molecule has 6 rings (SSSR count). The molecule has 1 aliphatic heterocycles. The fourth-order valence-corrected chi connectivity index (χ4v) is 8.19. The van der Waals surface area contributed by atoms with Gasteiger partial charge in [-0.1, -0.05) is 72.8 Å². The predicted molar refractivity (Wildman–Crippen MR) is 178 cm³/mol. The molecule has 2 heterocycles. The molecule has 5 aromatic rings. The second-order valence-electron chi connectivity index (χ2n) is 11.2. The van der Waals surface area contributed by atoms with Crippen LogP contribution in [0.3, 0.4) is 0 Å². The zero-order chi connectivity index (χ0) is 30.4. The molecular formula is C36H37N3O3S2.